The first-order valence-electron chi connectivity index (χ1n) is 5.63. The van der Waals surface area contributed by atoms with E-state index in [1.54, 1.807) is 0 Å². The highest BCUT2D eigenvalue weighted by Crippen LogP contribution is 2.23. The van der Waals surface area contributed by atoms with Crippen LogP contribution in [0.25, 0.3) is 0 Å². The lowest BCUT2D eigenvalue weighted by Crippen LogP contribution is -2.17. The molecule has 1 fully saturated rings. The van der Waals surface area contributed by atoms with E-state index < -0.39 is 0 Å². The molecule has 0 saturated heterocycles. The van der Waals surface area contributed by atoms with E-state index in [0.717, 1.165) is 6.54 Å². The Morgan fingerprint density at radius 3 is 2.44 bits per heavy atom. The van der Waals surface area contributed by atoms with Crippen LogP contribution < -0.4 is 15.5 Å². The minimum absolute atomic E-state index is 0.548. The van der Waals surface area contributed by atoms with Crippen molar-refractivity contribution in [3.63, 3.8) is 0 Å². The van der Waals surface area contributed by atoms with Gasteiger partial charge in [-0.2, -0.15) is 15.0 Å². The largest absolute Gasteiger partial charge is 0.354 e. The van der Waals surface area contributed by atoms with E-state index in [1.807, 2.05) is 25.9 Å². The van der Waals surface area contributed by atoms with Gasteiger partial charge in [0.05, 0.1) is 0 Å². The van der Waals surface area contributed by atoms with E-state index in [-0.39, 0.29) is 0 Å². The minimum atomic E-state index is 0.548. The monoisotopic (exact) mass is 222 g/mol. The molecule has 1 aromatic rings. The number of nitrogens with one attached hydrogen (secondary N) is 2. The van der Waals surface area contributed by atoms with Gasteiger partial charge in [0.2, 0.25) is 17.8 Å². The minimum Gasteiger partial charge on any atom is -0.354 e. The van der Waals surface area contributed by atoms with Crippen molar-refractivity contribution < 1.29 is 0 Å². The van der Waals surface area contributed by atoms with Gasteiger partial charge in [-0.25, -0.2) is 0 Å². The van der Waals surface area contributed by atoms with Crippen LogP contribution in [0.2, 0.25) is 0 Å². The molecule has 6 heteroatoms. The maximum Gasteiger partial charge on any atom is 0.231 e. The molecule has 0 bridgehead atoms. The molecule has 0 atom stereocenters. The third-order valence-electron chi connectivity index (χ3n) is 2.27. The molecular weight excluding hydrogens is 204 g/mol. The Morgan fingerprint density at radius 2 is 1.88 bits per heavy atom. The van der Waals surface area contributed by atoms with Crippen molar-refractivity contribution in [2.45, 2.75) is 25.8 Å². The fraction of sp³-hybridized carbons (Fsp3) is 0.700. The summed E-state index contributed by atoms with van der Waals surface area (Å²) in [5.74, 6) is 1.97. The Bertz CT molecular complexity index is 360. The van der Waals surface area contributed by atoms with Crippen LogP contribution in [-0.2, 0) is 0 Å². The zero-order valence-corrected chi connectivity index (χ0v) is 9.99. The number of rotatable bonds is 5. The smallest absolute Gasteiger partial charge is 0.231 e. The molecule has 1 saturated carbocycles. The van der Waals surface area contributed by atoms with Gasteiger partial charge in [0.15, 0.2) is 0 Å². The molecule has 88 valence electrons. The molecule has 1 aromatic heterocycles. The Kier molecular flexibility index (Phi) is 3.07. The van der Waals surface area contributed by atoms with E-state index in [4.69, 9.17) is 0 Å². The molecule has 1 aliphatic carbocycles. The van der Waals surface area contributed by atoms with E-state index in [2.05, 4.69) is 25.6 Å². The standard InChI is InChI=1S/C10H18N6/c1-4-11-8-13-9(12-7-5-6-7)15-10(14-8)16(2)3/h7H,4-6H2,1-3H3,(H2,11,12,13,14,15). The summed E-state index contributed by atoms with van der Waals surface area (Å²) >= 11 is 0. The number of hydrogen-bond donors (Lipinski definition) is 2. The van der Waals surface area contributed by atoms with Gasteiger partial charge in [0, 0.05) is 26.7 Å². The predicted molar refractivity (Wildman–Crippen MR) is 65.0 cm³/mol. The first-order valence-corrected chi connectivity index (χ1v) is 5.63. The van der Waals surface area contributed by atoms with Crippen molar-refractivity contribution in [3.05, 3.63) is 0 Å². The maximum absolute atomic E-state index is 4.35. The average Bonchev–Trinajstić information content (AvgIpc) is 3.01. The summed E-state index contributed by atoms with van der Waals surface area (Å²) in [5.41, 5.74) is 0. The zero-order chi connectivity index (χ0) is 11.5. The highest BCUT2D eigenvalue weighted by molar-refractivity contribution is 5.43. The van der Waals surface area contributed by atoms with Gasteiger partial charge in [-0.05, 0) is 19.8 Å². The first-order chi connectivity index (χ1) is 7.69. The second-order valence-corrected chi connectivity index (χ2v) is 4.13. The van der Waals surface area contributed by atoms with Crippen molar-refractivity contribution in [1.29, 1.82) is 0 Å². The molecule has 0 aromatic carbocycles. The third kappa shape index (κ3) is 2.71. The Balaban J connectivity index is 2.20. The van der Waals surface area contributed by atoms with Crippen LogP contribution in [0.1, 0.15) is 19.8 Å². The molecule has 0 spiro atoms. The summed E-state index contributed by atoms with van der Waals surface area (Å²) in [6, 6.07) is 0.548. The highest BCUT2D eigenvalue weighted by atomic mass is 15.3. The molecule has 1 aliphatic rings. The lowest BCUT2D eigenvalue weighted by Gasteiger charge is -2.13. The van der Waals surface area contributed by atoms with Gasteiger partial charge < -0.3 is 15.5 Å². The number of hydrogen-bond acceptors (Lipinski definition) is 6. The van der Waals surface area contributed by atoms with Gasteiger partial charge in [-0.3, -0.25) is 0 Å². The summed E-state index contributed by atoms with van der Waals surface area (Å²) in [6.07, 6.45) is 2.42. The summed E-state index contributed by atoms with van der Waals surface area (Å²) in [5, 5.41) is 6.39. The number of nitrogens with zero attached hydrogens (tertiary/aromatic N) is 4. The summed E-state index contributed by atoms with van der Waals surface area (Å²) in [6.45, 7) is 2.83. The second kappa shape index (κ2) is 4.51. The van der Waals surface area contributed by atoms with Gasteiger partial charge in [0.25, 0.3) is 0 Å². The summed E-state index contributed by atoms with van der Waals surface area (Å²) in [4.78, 5) is 14.8. The number of anilines is 3. The molecule has 0 aliphatic heterocycles. The van der Waals surface area contributed by atoms with Crippen LogP contribution in [-0.4, -0.2) is 41.6 Å². The van der Waals surface area contributed by atoms with Crippen LogP contribution >= 0.6 is 0 Å². The van der Waals surface area contributed by atoms with Crippen LogP contribution in [0, 0.1) is 0 Å². The van der Waals surface area contributed by atoms with Crippen LogP contribution in [0.3, 0.4) is 0 Å². The summed E-state index contributed by atoms with van der Waals surface area (Å²) in [7, 11) is 3.85. The topological polar surface area (TPSA) is 66.0 Å². The van der Waals surface area contributed by atoms with Gasteiger partial charge >= 0.3 is 0 Å². The molecule has 16 heavy (non-hydrogen) atoms. The van der Waals surface area contributed by atoms with Crippen LogP contribution in [0.5, 0.6) is 0 Å². The molecule has 0 radical (unpaired) electrons. The van der Waals surface area contributed by atoms with Gasteiger partial charge in [0.1, 0.15) is 0 Å². The predicted octanol–water partition coefficient (Wildman–Crippen LogP) is 0.944. The Labute approximate surface area is 95.5 Å². The normalized spacial score (nSPS) is 14.7. The molecule has 2 N–H and O–H groups in total. The van der Waals surface area contributed by atoms with Gasteiger partial charge in [-0.1, -0.05) is 0 Å². The lowest BCUT2D eigenvalue weighted by molar-refractivity contribution is 0.935. The fourth-order valence-electron chi connectivity index (χ4n) is 1.28. The Hall–Kier alpha value is -1.59. The number of aromatic nitrogens is 3. The summed E-state index contributed by atoms with van der Waals surface area (Å²) < 4.78 is 0. The molecular formula is C10H18N6. The highest BCUT2D eigenvalue weighted by Gasteiger charge is 2.22. The van der Waals surface area contributed by atoms with Crippen LogP contribution in [0.15, 0.2) is 0 Å². The van der Waals surface area contributed by atoms with E-state index in [9.17, 15) is 0 Å². The van der Waals surface area contributed by atoms with Crippen molar-refractivity contribution in [1.82, 2.24) is 15.0 Å². The fourth-order valence-corrected chi connectivity index (χ4v) is 1.28. The first kappa shape index (κ1) is 10.9. The van der Waals surface area contributed by atoms with E-state index >= 15 is 0 Å². The second-order valence-electron chi connectivity index (χ2n) is 4.13. The quantitative estimate of drug-likeness (QED) is 0.773. The van der Waals surface area contributed by atoms with E-state index in [0.29, 0.717) is 23.9 Å². The van der Waals surface area contributed by atoms with Crippen molar-refractivity contribution in [2.75, 3.05) is 36.2 Å². The SMILES string of the molecule is CCNc1nc(NC2CC2)nc(N(C)C)n1. The van der Waals surface area contributed by atoms with Crippen molar-refractivity contribution in [3.8, 4) is 0 Å². The van der Waals surface area contributed by atoms with Crippen molar-refractivity contribution >= 4 is 17.8 Å². The third-order valence-corrected chi connectivity index (χ3v) is 2.27. The van der Waals surface area contributed by atoms with Crippen LogP contribution in [0.4, 0.5) is 17.8 Å². The average molecular weight is 222 g/mol. The molecule has 0 unspecified atom stereocenters. The zero-order valence-electron chi connectivity index (χ0n) is 9.99. The van der Waals surface area contributed by atoms with E-state index in [1.165, 1.54) is 12.8 Å². The Morgan fingerprint density at radius 1 is 1.19 bits per heavy atom. The van der Waals surface area contributed by atoms with Crippen molar-refractivity contribution in [2.24, 2.45) is 0 Å². The van der Waals surface area contributed by atoms with Gasteiger partial charge in [-0.15, -0.1) is 0 Å². The maximum atomic E-state index is 4.35. The molecule has 0 amide bonds. The molecule has 2 rings (SSSR count). The molecule has 1 heterocycles. The lowest BCUT2D eigenvalue weighted by atomic mass is 10.6. The molecule has 6 nitrogen and oxygen atoms in total.